The van der Waals surface area contributed by atoms with Crippen LogP contribution in [0.3, 0.4) is 0 Å². The summed E-state index contributed by atoms with van der Waals surface area (Å²) in [5, 5.41) is 3.04. The third-order valence-electron chi connectivity index (χ3n) is 3.98. The number of nitrogens with one attached hydrogen (secondary N) is 1. The maximum Gasteiger partial charge on any atom is 0.258 e. The maximum atomic E-state index is 12.0. The lowest BCUT2D eigenvalue weighted by molar-refractivity contribution is -0.124. The van der Waals surface area contributed by atoms with E-state index >= 15 is 0 Å². The van der Waals surface area contributed by atoms with Crippen molar-refractivity contribution in [2.45, 2.75) is 38.8 Å². The molecule has 0 saturated heterocycles. The third-order valence-corrected chi connectivity index (χ3v) is 3.98. The van der Waals surface area contributed by atoms with Crippen molar-refractivity contribution in [2.24, 2.45) is 0 Å². The van der Waals surface area contributed by atoms with Crippen LogP contribution in [0.2, 0.25) is 0 Å². The number of fused-ring (bicyclic) bond motifs is 1. The molecule has 0 spiro atoms. The number of hydrogen-bond acceptors (Lipinski definition) is 3. The molecule has 0 saturated carbocycles. The minimum absolute atomic E-state index is 0.0560. The number of nitrogens with zero attached hydrogens (tertiary/aromatic N) is 2. The van der Waals surface area contributed by atoms with Gasteiger partial charge in [0.1, 0.15) is 11.6 Å². The summed E-state index contributed by atoms with van der Waals surface area (Å²) in [5.41, 5.74) is 1.21. The van der Waals surface area contributed by atoms with Crippen LogP contribution in [0.5, 0.6) is 5.75 Å². The number of ether oxygens (including phenoxy) is 1. The Hall–Kier alpha value is -2.30. The Morgan fingerprint density at radius 1 is 1.50 bits per heavy atom. The molecule has 22 heavy (non-hydrogen) atoms. The number of amides is 1. The van der Waals surface area contributed by atoms with E-state index in [1.165, 1.54) is 5.56 Å². The standard InChI is InChI=1S/C17H21N3O2/c1-2-13-4-3-5-15(10-13)22-12-17(21)19-14-6-7-16-18-8-9-20(16)11-14/h3-5,8-10,14H,2,6-7,11-12H2,1H3,(H,19,21)/t14-/m0/s1. The van der Waals surface area contributed by atoms with Gasteiger partial charge in [-0.05, 0) is 30.5 Å². The Morgan fingerprint density at radius 2 is 2.41 bits per heavy atom. The molecular formula is C17H21N3O2. The van der Waals surface area contributed by atoms with Crippen molar-refractivity contribution < 1.29 is 9.53 Å². The Kier molecular flexibility index (Phi) is 4.42. The van der Waals surface area contributed by atoms with Gasteiger partial charge in [-0.2, -0.15) is 0 Å². The van der Waals surface area contributed by atoms with Gasteiger partial charge >= 0.3 is 0 Å². The zero-order valence-electron chi connectivity index (χ0n) is 12.8. The fourth-order valence-electron chi connectivity index (χ4n) is 2.76. The second kappa shape index (κ2) is 6.64. The Labute approximate surface area is 130 Å². The number of aromatic nitrogens is 2. The van der Waals surface area contributed by atoms with E-state index in [0.29, 0.717) is 0 Å². The van der Waals surface area contributed by atoms with Crippen LogP contribution < -0.4 is 10.1 Å². The van der Waals surface area contributed by atoms with Crippen LogP contribution in [0, 0.1) is 0 Å². The highest BCUT2D eigenvalue weighted by Gasteiger charge is 2.20. The van der Waals surface area contributed by atoms with Crippen LogP contribution in [0.15, 0.2) is 36.7 Å². The average Bonchev–Trinajstić information content (AvgIpc) is 3.01. The largest absolute Gasteiger partial charge is 0.484 e. The highest BCUT2D eigenvalue weighted by atomic mass is 16.5. The zero-order chi connectivity index (χ0) is 15.4. The first-order valence-corrected chi connectivity index (χ1v) is 7.75. The summed E-state index contributed by atoms with van der Waals surface area (Å²) in [4.78, 5) is 16.3. The van der Waals surface area contributed by atoms with Crippen molar-refractivity contribution in [1.29, 1.82) is 0 Å². The molecular weight excluding hydrogens is 278 g/mol. The van der Waals surface area contributed by atoms with Crippen LogP contribution in [0.4, 0.5) is 0 Å². The molecule has 0 radical (unpaired) electrons. The van der Waals surface area contributed by atoms with Crippen LogP contribution in [-0.2, 0) is 24.2 Å². The average molecular weight is 299 g/mol. The van der Waals surface area contributed by atoms with Gasteiger partial charge in [-0.1, -0.05) is 19.1 Å². The van der Waals surface area contributed by atoms with Crippen molar-refractivity contribution in [3.05, 3.63) is 48.0 Å². The van der Waals surface area contributed by atoms with Gasteiger partial charge < -0.3 is 14.6 Å². The maximum absolute atomic E-state index is 12.0. The van der Waals surface area contributed by atoms with Crippen LogP contribution in [-0.4, -0.2) is 28.1 Å². The first kappa shape index (κ1) is 14.6. The fraction of sp³-hybridized carbons (Fsp3) is 0.412. The first-order chi connectivity index (χ1) is 10.7. The van der Waals surface area contributed by atoms with Gasteiger partial charge in [0.15, 0.2) is 6.61 Å². The summed E-state index contributed by atoms with van der Waals surface area (Å²) in [5.74, 6) is 1.77. The Morgan fingerprint density at radius 3 is 3.27 bits per heavy atom. The lowest BCUT2D eigenvalue weighted by Gasteiger charge is -2.24. The number of hydrogen-bond donors (Lipinski definition) is 1. The third kappa shape index (κ3) is 3.47. The number of rotatable bonds is 5. The van der Waals surface area contributed by atoms with Gasteiger partial charge in [0.25, 0.3) is 5.91 Å². The van der Waals surface area contributed by atoms with E-state index in [2.05, 4.69) is 27.9 Å². The zero-order valence-corrected chi connectivity index (χ0v) is 12.8. The highest BCUT2D eigenvalue weighted by molar-refractivity contribution is 5.77. The molecule has 0 aliphatic carbocycles. The van der Waals surface area contributed by atoms with Crippen molar-refractivity contribution in [2.75, 3.05) is 6.61 Å². The molecule has 1 amide bonds. The predicted molar refractivity (Wildman–Crippen MR) is 83.8 cm³/mol. The Balaban J connectivity index is 1.49. The topological polar surface area (TPSA) is 56.1 Å². The molecule has 0 unspecified atom stereocenters. The SMILES string of the molecule is CCc1cccc(OCC(=O)N[C@H]2CCc3nccn3C2)c1. The number of aryl methyl sites for hydroxylation is 2. The Bertz CT molecular complexity index is 651. The molecule has 1 atom stereocenters. The molecule has 2 heterocycles. The molecule has 5 heteroatoms. The van der Waals surface area contributed by atoms with E-state index in [1.54, 1.807) is 0 Å². The summed E-state index contributed by atoms with van der Waals surface area (Å²) in [7, 11) is 0. The quantitative estimate of drug-likeness (QED) is 0.918. The van der Waals surface area contributed by atoms with E-state index in [4.69, 9.17) is 4.74 Å². The van der Waals surface area contributed by atoms with Gasteiger partial charge in [-0.25, -0.2) is 4.98 Å². The van der Waals surface area contributed by atoms with Crippen molar-refractivity contribution >= 4 is 5.91 Å². The van der Waals surface area contributed by atoms with Gasteiger partial charge in [0.05, 0.1) is 0 Å². The summed E-state index contributed by atoms with van der Waals surface area (Å²) >= 11 is 0. The fourth-order valence-corrected chi connectivity index (χ4v) is 2.76. The summed E-state index contributed by atoms with van der Waals surface area (Å²) in [6, 6.07) is 8.02. The molecule has 1 aromatic carbocycles. The smallest absolute Gasteiger partial charge is 0.258 e. The number of benzene rings is 1. The second-order valence-corrected chi connectivity index (χ2v) is 5.59. The predicted octanol–water partition coefficient (Wildman–Crippen LogP) is 1.96. The van der Waals surface area contributed by atoms with Crippen LogP contribution in [0.25, 0.3) is 0 Å². The molecule has 0 bridgehead atoms. The minimum atomic E-state index is -0.0736. The number of imidazole rings is 1. The molecule has 1 aliphatic rings. The number of carbonyl (C=O) groups is 1. The van der Waals surface area contributed by atoms with Gasteiger partial charge in [-0.15, -0.1) is 0 Å². The molecule has 1 aliphatic heterocycles. The molecule has 1 aromatic heterocycles. The van der Waals surface area contributed by atoms with E-state index in [0.717, 1.165) is 37.4 Å². The van der Waals surface area contributed by atoms with Crippen molar-refractivity contribution in [1.82, 2.24) is 14.9 Å². The lowest BCUT2D eigenvalue weighted by atomic mass is 10.1. The lowest BCUT2D eigenvalue weighted by Crippen LogP contribution is -2.42. The second-order valence-electron chi connectivity index (χ2n) is 5.59. The minimum Gasteiger partial charge on any atom is -0.484 e. The van der Waals surface area contributed by atoms with Crippen molar-refractivity contribution in [3.63, 3.8) is 0 Å². The van der Waals surface area contributed by atoms with Crippen LogP contribution >= 0.6 is 0 Å². The molecule has 0 fully saturated rings. The normalized spacial score (nSPS) is 16.9. The van der Waals surface area contributed by atoms with Gasteiger partial charge in [-0.3, -0.25) is 4.79 Å². The highest BCUT2D eigenvalue weighted by Crippen LogP contribution is 2.14. The van der Waals surface area contributed by atoms with Crippen molar-refractivity contribution in [3.8, 4) is 5.75 Å². The van der Waals surface area contributed by atoms with E-state index in [-0.39, 0.29) is 18.6 Å². The molecule has 5 nitrogen and oxygen atoms in total. The summed E-state index contributed by atoms with van der Waals surface area (Å²) in [6.45, 7) is 2.94. The molecule has 116 valence electrons. The van der Waals surface area contributed by atoms with Gasteiger partial charge in [0, 0.05) is 31.4 Å². The van der Waals surface area contributed by atoms with E-state index < -0.39 is 0 Å². The summed E-state index contributed by atoms with van der Waals surface area (Å²) < 4.78 is 7.67. The summed E-state index contributed by atoms with van der Waals surface area (Å²) in [6.07, 6.45) is 6.55. The first-order valence-electron chi connectivity index (χ1n) is 7.75. The molecule has 3 rings (SSSR count). The molecule has 1 N–H and O–H groups in total. The van der Waals surface area contributed by atoms with E-state index in [9.17, 15) is 4.79 Å². The molecule has 2 aromatic rings. The van der Waals surface area contributed by atoms with Gasteiger partial charge in [0.2, 0.25) is 0 Å². The monoisotopic (exact) mass is 299 g/mol. The van der Waals surface area contributed by atoms with E-state index in [1.807, 2.05) is 30.6 Å². The number of carbonyl (C=O) groups excluding carboxylic acids is 1. The van der Waals surface area contributed by atoms with Crippen LogP contribution in [0.1, 0.15) is 24.7 Å².